The zero-order valence-electron chi connectivity index (χ0n) is 13.2. The summed E-state index contributed by atoms with van der Waals surface area (Å²) in [6.45, 7) is 5.30. The summed E-state index contributed by atoms with van der Waals surface area (Å²) in [5.74, 6) is 0. The van der Waals surface area contributed by atoms with Crippen molar-refractivity contribution in [2.45, 2.75) is 55.4 Å². The van der Waals surface area contributed by atoms with E-state index in [1.165, 1.54) is 6.42 Å². The van der Waals surface area contributed by atoms with Gasteiger partial charge in [0.25, 0.3) is 0 Å². The molecule has 0 saturated heterocycles. The van der Waals surface area contributed by atoms with Gasteiger partial charge in [0.05, 0.1) is 6.10 Å². The van der Waals surface area contributed by atoms with Crippen LogP contribution in [0.1, 0.15) is 26.2 Å². The Morgan fingerprint density at radius 2 is 1.89 bits per heavy atom. The molecule has 106 valence electrons. The second-order valence-electron chi connectivity index (χ2n) is 9.29. The summed E-state index contributed by atoms with van der Waals surface area (Å²) < 4.78 is 14.2. The van der Waals surface area contributed by atoms with E-state index in [2.05, 4.69) is 48.0 Å². The fourth-order valence-electron chi connectivity index (χ4n) is 1.73. The van der Waals surface area contributed by atoms with E-state index in [0.717, 1.165) is 12.8 Å². The van der Waals surface area contributed by atoms with Crippen LogP contribution in [0.4, 0.5) is 0 Å². The third-order valence-corrected chi connectivity index (χ3v) is 12.0. The molecule has 1 aliphatic carbocycles. The Morgan fingerprint density at radius 3 is 2.06 bits per heavy atom. The molecule has 2 heteroatoms. The normalized spacial score (nSPS) is 20.1. The van der Waals surface area contributed by atoms with Crippen LogP contribution >= 0.6 is 0 Å². The molecule has 0 aromatic carbocycles. The van der Waals surface area contributed by atoms with Crippen LogP contribution in [0.5, 0.6) is 0 Å². The fraction of sp³-hybridized carbons (Fsp3) is 0.625. The molecule has 0 heterocycles. The average molecular weight is 332 g/mol. The van der Waals surface area contributed by atoms with Gasteiger partial charge in [-0.05, 0) is 19.8 Å². The van der Waals surface area contributed by atoms with Crippen molar-refractivity contribution in [3.63, 3.8) is 0 Å². The van der Waals surface area contributed by atoms with Gasteiger partial charge in [-0.15, -0.1) is 6.58 Å². The van der Waals surface area contributed by atoms with Crippen molar-refractivity contribution in [1.29, 1.82) is 0 Å². The molecule has 1 nitrogen and oxygen atoms in total. The van der Waals surface area contributed by atoms with Crippen molar-refractivity contribution < 1.29 is 22.4 Å². The first-order chi connectivity index (χ1) is 7.86. The molecule has 0 bridgehead atoms. The molecule has 0 aliphatic heterocycles. The molecule has 0 saturated carbocycles. The van der Waals surface area contributed by atoms with Gasteiger partial charge in [-0.1, -0.05) is 6.08 Å². The summed E-state index contributed by atoms with van der Waals surface area (Å²) in [6.07, 6.45) is 11.4. The Balaban J connectivity index is 0.000000360. The van der Waals surface area contributed by atoms with Gasteiger partial charge in [0.1, 0.15) is 0 Å². The van der Waals surface area contributed by atoms with Crippen LogP contribution in [0, 0.1) is 0 Å². The molecule has 1 unspecified atom stereocenters. The van der Waals surface area contributed by atoms with Crippen LogP contribution in [0.3, 0.4) is 0 Å². The first kappa shape index (κ1) is 18.1. The van der Waals surface area contributed by atoms with Gasteiger partial charge in [-0.2, -0.15) is 0 Å². The molecular weight excluding hydrogens is 299 g/mol. The van der Waals surface area contributed by atoms with E-state index in [4.69, 9.17) is 5.11 Å². The summed E-state index contributed by atoms with van der Waals surface area (Å²) in [5.41, 5.74) is 0. The van der Waals surface area contributed by atoms with E-state index in [-0.39, 0.29) is 6.10 Å². The third kappa shape index (κ3) is 8.22. The van der Waals surface area contributed by atoms with Gasteiger partial charge >= 0.3 is 68.4 Å². The second kappa shape index (κ2) is 5.59. The predicted octanol–water partition coefficient (Wildman–Crippen LogP) is 5.63. The molecular formula is C16H32OZr. The minimum atomic E-state index is -2.78. The molecule has 1 atom stereocenters. The van der Waals surface area contributed by atoms with Gasteiger partial charge in [-0.25, -0.2) is 0 Å². The van der Waals surface area contributed by atoms with Crippen LogP contribution in [0.25, 0.3) is 0 Å². The Labute approximate surface area is 112 Å². The second-order valence-corrected chi connectivity index (χ2v) is 41.6. The van der Waals surface area contributed by atoms with E-state index in [9.17, 15) is 0 Å². The molecule has 1 N–H and O–H groups in total. The number of aliphatic hydroxyl groups excluding tert-OH is 1. The average Bonchev–Trinajstić information content (AvgIpc) is 2.65. The maximum atomic E-state index is 8.64. The minimum absolute atomic E-state index is 0.169. The standard InChI is InChI=1S/C6H12O.C5H5.5CH3.Zr/c1-3-4-5-6(2)7;1-2-4-5-3-1;;;;;;/h3,6-7H,1,4-5H2,2H3;1-3H,4H2;5*1H3;. The van der Waals surface area contributed by atoms with Crippen LogP contribution in [-0.4, -0.2) is 11.2 Å². The van der Waals surface area contributed by atoms with Crippen molar-refractivity contribution in [3.05, 3.63) is 34.2 Å². The Morgan fingerprint density at radius 1 is 1.33 bits per heavy atom. The van der Waals surface area contributed by atoms with Crippen molar-refractivity contribution in [2.75, 3.05) is 0 Å². The summed E-state index contributed by atoms with van der Waals surface area (Å²) >= 11 is -2.78. The molecule has 0 spiro atoms. The first-order valence-electron chi connectivity index (χ1n) is 7.03. The van der Waals surface area contributed by atoms with Gasteiger partial charge < -0.3 is 5.11 Å². The number of hydrogen-bond donors (Lipinski definition) is 1. The molecule has 0 fully saturated rings. The monoisotopic (exact) mass is 330 g/mol. The molecule has 1 aliphatic rings. The zero-order valence-corrected chi connectivity index (χ0v) is 15.6. The van der Waals surface area contributed by atoms with Gasteiger partial charge in [0.15, 0.2) is 0 Å². The number of hydrogen-bond acceptors (Lipinski definition) is 1. The predicted molar refractivity (Wildman–Crippen MR) is 82.3 cm³/mol. The van der Waals surface area contributed by atoms with E-state index in [0.29, 0.717) is 0 Å². The van der Waals surface area contributed by atoms with Crippen LogP contribution < -0.4 is 0 Å². The van der Waals surface area contributed by atoms with Crippen molar-refractivity contribution in [3.8, 4) is 0 Å². The Kier molecular flexibility index (Phi) is 5.61. The third-order valence-electron chi connectivity index (χ3n) is 3.17. The quantitative estimate of drug-likeness (QED) is 0.662. The van der Waals surface area contributed by atoms with Crippen molar-refractivity contribution in [1.82, 2.24) is 0 Å². The molecule has 0 radical (unpaired) electrons. The zero-order chi connectivity index (χ0) is 14.5. The Bertz CT molecular complexity index is 338. The molecule has 0 aromatic heterocycles. The van der Waals surface area contributed by atoms with Gasteiger partial charge in [-0.3, -0.25) is 0 Å². The first-order valence-corrected chi connectivity index (χ1v) is 20.5. The SMILES string of the molecule is C=CCCC(C)O.[CH3][Zr]([CH3])([CH3])([CH3])([CH3])[C]1=CC=CC1. The maximum absolute atomic E-state index is 8.64. The summed E-state index contributed by atoms with van der Waals surface area (Å²) in [7, 11) is 0. The molecule has 1 rings (SSSR count). The topological polar surface area (TPSA) is 20.2 Å². The van der Waals surface area contributed by atoms with E-state index in [1.54, 1.807) is 10.2 Å². The fourth-order valence-corrected chi connectivity index (χ4v) is 6.82. The number of rotatable bonds is 4. The number of aliphatic hydroxyl groups is 1. The van der Waals surface area contributed by atoms with Gasteiger partial charge in [0.2, 0.25) is 0 Å². The van der Waals surface area contributed by atoms with Crippen molar-refractivity contribution >= 4 is 0 Å². The van der Waals surface area contributed by atoms with Crippen LogP contribution in [0.2, 0.25) is 23.2 Å². The van der Waals surface area contributed by atoms with Crippen LogP contribution in [-0.2, 0) is 17.3 Å². The Hall–Kier alpha value is 0.0631. The van der Waals surface area contributed by atoms with Crippen LogP contribution in [0.15, 0.2) is 34.2 Å². The number of allylic oxidation sites excluding steroid dienone is 5. The summed E-state index contributed by atoms with van der Waals surface area (Å²) in [4.78, 5) is 0. The molecule has 0 amide bonds. The summed E-state index contributed by atoms with van der Waals surface area (Å²) in [6, 6.07) is 0. The molecule has 0 aromatic rings. The van der Waals surface area contributed by atoms with E-state index >= 15 is 0 Å². The van der Waals surface area contributed by atoms with Crippen molar-refractivity contribution in [2.24, 2.45) is 0 Å². The molecule has 18 heavy (non-hydrogen) atoms. The van der Waals surface area contributed by atoms with Gasteiger partial charge in [0, 0.05) is 0 Å². The van der Waals surface area contributed by atoms with E-state index in [1.807, 2.05) is 6.08 Å². The van der Waals surface area contributed by atoms with E-state index < -0.39 is 17.3 Å². The summed E-state index contributed by atoms with van der Waals surface area (Å²) in [5, 5.41) is 8.64.